The van der Waals surface area contributed by atoms with Crippen LogP contribution in [-0.4, -0.2) is 69.0 Å². The van der Waals surface area contributed by atoms with Gasteiger partial charge in [-0.05, 0) is 43.3 Å². The fourth-order valence-electron chi connectivity index (χ4n) is 4.01. The minimum Gasteiger partial charge on any atom is -0.497 e. The summed E-state index contributed by atoms with van der Waals surface area (Å²) in [7, 11) is 3.47. The predicted octanol–water partition coefficient (Wildman–Crippen LogP) is 3.10. The summed E-state index contributed by atoms with van der Waals surface area (Å²) in [5.41, 5.74) is 3.63. The Balaban J connectivity index is 1.93. The third-order valence-corrected chi connectivity index (χ3v) is 6.14. The molecule has 2 aromatic carbocycles. The van der Waals surface area contributed by atoms with E-state index in [1.54, 1.807) is 13.2 Å². The fourth-order valence-corrected chi connectivity index (χ4v) is 4.01. The fraction of sp³-hybridized carbons (Fsp3) is 0.333. The number of ether oxygens (including phenoxy) is 2. The summed E-state index contributed by atoms with van der Waals surface area (Å²) in [6, 6.07) is 15.0. The molecule has 1 saturated heterocycles. The molecule has 1 fully saturated rings. The lowest BCUT2D eigenvalue weighted by Gasteiger charge is -2.29. The molecule has 1 aliphatic heterocycles. The van der Waals surface area contributed by atoms with Crippen LogP contribution in [0, 0.1) is 0 Å². The first-order valence-electron chi connectivity index (χ1n) is 12.1. The van der Waals surface area contributed by atoms with Crippen molar-refractivity contribution >= 4 is 23.6 Å². The van der Waals surface area contributed by atoms with Crippen molar-refractivity contribution in [3.8, 4) is 22.7 Å². The van der Waals surface area contributed by atoms with Gasteiger partial charge in [-0.1, -0.05) is 17.3 Å². The van der Waals surface area contributed by atoms with Crippen LogP contribution in [0.15, 0.2) is 58.5 Å². The molecule has 4 rings (SSSR count). The summed E-state index contributed by atoms with van der Waals surface area (Å²) in [5.74, 6) is 0.149. The summed E-state index contributed by atoms with van der Waals surface area (Å²) < 4.78 is 12.3. The van der Waals surface area contributed by atoms with Crippen LogP contribution in [0.2, 0.25) is 0 Å². The molecule has 0 amide bonds. The average Bonchev–Trinajstić information content (AvgIpc) is 2.93. The molecule has 37 heavy (non-hydrogen) atoms. The molecule has 0 unspecified atom stereocenters. The zero-order chi connectivity index (χ0) is 26.4. The van der Waals surface area contributed by atoms with Crippen LogP contribution in [-0.2, 0) is 14.4 Å². The van der Waals surface area contributed by atoms with Gasteiger partial charge in [0.2, 0.25) is 0 Å². The molecule has 0 bridgehead atoms. The molecular weight excluding hydrogens is 474 g/mol. The van der Waals surface area contributed by atoms with E-state index in [4.69, 9.17) is 19.4 Å². The number of methoxy groups -OCH3 is 1. The first-order chi connectivity index (χ1) is 17.9. The number of hydrogen-bond donors (Lipinski definition) is 0. The standard InChI is InChI=1S/C27H31N5O5/c1-5-30(3)26-17-24(20-7-6-8-23(15-20)35-4)29-32(27(26)34)25-16-22(31-11-13-36-14-12-31)10-9-21(25)18-28-37-19(2)33/h6-10,15-18H,5,11-14H2,1-4H3/b28-18+. The SMILES string of the molecule is CCN(C)c1cc(-c2cccc(OC)c2)nn(-c2cc(N3CCOCC3)ccc2/C=N/OC(C)=O)c1=O. The van der Waals surface area contributed by atoms with E-state index < -0.39 is 5.97 Å². The number of nitrogens with zero attached hydrogens (tertiary/aromatic N) is 5. The average molecular weight is 506 g/mol. The van der Waals surface area contributed by atoms with Gasteiger partial charge >= 0.3 is 5.97 Å². The molecule has 0 saturated carbocycles. The third-order valence-electron chi connectivity index (χ3n) is 6.14. The van der Waals surface area contributed by atoms with Crippen LogP contribution < -0.4 is 20.1 Å². The molecule has 0 spiro atoms. The highest BCUT2D eigenvalue weighted by atomic mass is 16.7. The normalized spacial score (nSPS) is 13.6. The first-order valence-corrected chi connectivity index (χ1v) is 12.1. The number of oxime groups is 1. The van der Waals surface area contributed by atoms with Gasteiger partial charge in [0.1, 0.15) is 11.4 Å². The molecule has 0 aliphatic carbocycles. The monoisotopic (exact) mass is 505 g/mol. The molecule has 194 valence electrons. The molecule has 0 N–H and O–H groups in total. The van der Waals surface area contributed by atoms with Gasteiger partial charge in [-0.3, -0.25) is 4.79 Å². The lowest BCUT2D eigenvalue weighted by atomic mass is 10.1. The van der Waals surface area contributed by atoms with Crippen LogP contribution in [0.5, 0.6) is 5.75 Å². The molecule has 10 nitrogen and oxygen atoms in total. The summed E-state index contributed by atoms with van der Waals surface area (Å²) in [6.45, 7) is 6.60. The number of carbonyl (C=O) groups excluding carboxylic acids is 1. The van der Waals surface area contributed by atoms with Gasteiger partial charge in [-0.15, -0.1) is 0 Å². The third kappa shape index (κ3) is 5.97. The van der Waals surface area contributed by atoms with Crippen LogP contribution in [0.1, 0.15) is 19.4 Å². The molecule has 10 heteroatoms. The highest BCUT2D eigenvalue weighted by molar-refractivity contribution is 5.86. The lowest BCUT2D eigenvalue weighted by Crippen LogP contribution is -2.36. The topological polar surface area (TPSA) is 98.5 Å². The maximum atomic E-state index is 13.8. The van der Waals surface area contributed by atoms with E-state index in [9.17, 15) is 9.59 Å². The van der Waals surface area contributed by atoms with Gasteiger partial charge in [0.05, 0.1) is 37.9 Å². The zero-order valence-corrected chi connectivity index (χ0v) is 21.5. The van der Waals surface area contributed by atoms with E-state index in [1.165, 1.54) is 17.8 Å². The molecule has 0 radical (unpaired) electrons. The minimum absolute atomic E-state index is 0.280. The number of carbonyl (C=O) groups is 1. The van der Waals surface area contributed by atoms with Crippen molar-refractivity contribution in [3.63, 3.8) is 0 Å². The predicted molar refractivity (Wildman–Crippen MR) is 143 cm³/mol. The second kappa shape index (κ2) is 11.7. The van der Waals surface area contributed by atoms with Crippen molar-refractivity contribution in [2.75, 3.05) is 56.8 Å². The Labute approximate surface area is 215 Å². The second-order valence-electron chi connectivity index (χ2n) is 8.54. The van der Waals surface area contributed by atoms with E-state index in [0.29, 0.717) is 48.1 Å². The molecule has 1 aliphatic rings. The number of anilines is 2. The Morgan fingerprint density at radius 3 is 2.68 bits per heavy atom. The van der Waals surface area contributed by atoms with Crippen LogP contribution in [0.4, 0.5) is 11.4 Å². The Morgan fingerprint density at radius 2 is 1.97 bits per heavy atom. The summed E-state index contributed by atoms with van der Waals surface area (Å²) in [6.07, 6.45) is 1.41. The zero-order valence-electron chi connectivity index (χ0n) is 21.5. The highest BCUT2D eigenvalue weighted by Crippen LogP contribution is 2.27. The number of benzene rings is 2. The largest absolute Gasteiger partial charge is 0.497 e. The lowest BCUT2D eigenvalue weighted by molar-refractivity contribution is -0.140. The first kappa shape index (κ1) is 25.9. The molecular formula is C27H31N5O5. The smallest absolute Gasteiger partial charge is 0.331 e. The maximum absolute atomic E-state index is 13.8. The van der Waals surface area contributed by atoms with E-state index in [-0.39, 0.29) is 5.56 Å². The van der Waals surface area contributed by atoms with Gasteiger partial charge in [0.25, 0.3) is 5.56 Å². The maximum Gasteiger partial charge on any atom is 0.331 e. The van der Waals surface area contributed by atoms with Crippen LogP contribution in [0.3, 0.4) is 0 Å². The Kier molecular flexibility index (Phi) is 8.19. The number of rotatable bonds is 8. The van der Waals surface area contributed by atoms with Crippen LogP contribution >= 0.6 is 0 Å². The quantitative estimate of drug-likeness (QED) is 0.262. The highest BCUT2D eigenvalue weighted by Gasteiger charge is 2.19. The summed E-state index contributed by atoms with van der Waals surface area (Å²) >= 11 is 0. The van der Waals surface area contributed by atoms with Crippen LogP contribution in [0.25, 0.3) is 16.9 Å². The molecule has 1 aromatic heterocycles. The second-order valence-corrected chi connectivity index (χ2v) is 8.54. The van der Waals surface area contributed by atoms with Gasteiger partial charge in [0, 0.05) is 50.4 Å². The summed E-state index contributed by atoms with van der Waals surface area (Å²) in [5, 5.41) is 8.56. The van der Waals surface area contributed by atoms with E-state index in [1.807, 2.05) is 61.3 Å². The van der Waals surface area contributed by atoms with E-state index in [0.717, 1.165) is 24.3 Å². The van der Waals surface area contributed by atoms with Gasteiger partial charge < -0.3 is 24.1 Å². The minimum atomic E-state index is -0.537. The Morgan fingerprint density at radius 1 is 1.19 bits per heavy atom. The van der Waals surface area contributed by atoms with Crippen molar-refractivity contribution in [2.45, 2.75) is 13.8 Å². The van der Waals surface area contributed by atoms with E-state index >= 15 is 0 Å². The van der Waals surface area contributed by atoms with Crippen molar-refractivity contribution in [1.82, 2.24) is 9.78 Å². The summed E-state index contributed by atoms with van der Waals surface area (Å²) in [4.78, 5) is 33.9. The van der Waals surface area contributed by atoms with Crippen molar-refractivity contribution in [2.24, 2.45) is 5.16 Å². The van der Waals surface area contributed by atoms with E-state index in [2.05, 4.69) is 10.1 Å². The van der Waals surface area contributed by atoms with Gasteiger partial charge in [-0.25, -0.2) is 4.79 Å². The van der Waals surface area contributed by atoms with Crippen molar-refractivity contribution in [3.05, 3.63) is 64.4 Å². The number of aromatic nitrogens is 2. The van der Waals surface area contributed by atoms with Gasteiger partial charge in [0.15, 0.2) is 0 Å². The number of hydrogen-bond acceptors (Lipinski definition) is 9. The Hall–Kier alpha value is -4.18. The molecule has 0 atom stereocenters. The van der Waals surface area contributed by atoms with Crippen molar-refractivity contribution < 1.29 is 19.1 Å². The van der Waals surface area contributed by atoms with Gasteiger partial charge in [-0.2, -0.15) is 9.78 Å². The Bertz CT molecular complexity index is 1350. The molecule has 3 aromatic rings. The number of morpholine rings is 1. The van der Waals surface area contributed by atoms with Crippen molar-refractivity contribution in [1.29, 1.82) is 0 Å². The molecule has 2 heterocycles.